The van der Waals surface area contributed by atoms with Crippen LogP contribution in [-0.2, 0) is 16.0 Å². The second-order valence-corrected chi connectivity index (χ2v) is 9.39. The topological polar surface area (TPSA) is 61.9 Å². The number of methoxy groups -OCH3 is 1. The summed E-state index contributed by atoms with van der Waals surface area (Å²) in [5.74, 6) is 1.51. The Hall–Kier alpha value is -2.86. The number of benzene rings is 2. The molecule has 2 atom stereocenters. The van der Waals surface area contributed by atoms with Gasteiger partial charge in [-0.1, -0.05) is 43.3 Å². The maximum absolute atomic E-state index is 13.7. The normalized spacial score (nSPS) is 20.1. The summed E-state index contributed by atoms with van der Waals surface area (Å²) in [5.41, 5.74) is 3.27. The van der Waals surface area contributed by atoms with Gasteiger partial charge in [0.05, 0.1) is 19.7 Å². The number of piperidine rings is 1. The van der Waals surface area contributed by atoms with Crippen molar-refractivity contribution < 1.29 is 14.3 Å². The summed E-state index contributed by atoms with van der Waals surface area (Å²) >= 11 is 0. The summed E-state index contributed by atoms with van der Waals surface area (Å²) in [5, 5.41) is 3.10. The molecule has 2 amide bonds. The lowest BCUT2D eigenvalue weighted by molar-refractivity contribution is -0.140. The summed E-state index contributed by atoms with van der Waals surface area (Å²) in [6.07, 6.45) is 2.93. The summed E-state index contributed by atoms with van der Waals surface area (Å²) < 4.78 is 5.22. The smallest absolute Gasteiger partial charge is 0.244 e. The zero-order valence-electron chi connectivity index (χ0n) is 19.9. The predicted octanol–water partition coefficient (Wildman–Crippen LogP) is 3.73. The van der Waals surface area contributed by atoms with Crippen LogP contribution in [0.15, 0.2) is 48.5 Å². The van der Waals surface area contributed by atoms with Crippen molar-refractivity contribution in [2.75, 3.05) is 33.3 Å². The third kappa shape index (κ3) is 5.38. The third-order valence-corrected chi connectivity index (χ3v) is 7.05. The van der Waals surface area contributed by atoms with E-state index in [0.717, 1.165) is 49.2 Å². The van der Waals surface area contributed by atoms with Gasteiger partial charge in [-0.15, -0.1) is 0 Å². The molecule has 33 heavy (non-hydrogen) atoms. The van der Waals surface area contributed by atoms with E-state index in [0.29, 0.717) is 12.5 Å². The molecule has 2 aromatic rings. The fourth-order valence-electron chi connectivity index (χ4n) is 4.93. The SMILES string of the molecule is COc1ccc([C@@H](C)NC(=O)CN2CCc3ccccc3[C@H]2C(=O)N2CCC(C)CC2)cc1. The molecule has 0 aliphatic carbocycles. The molecule has 0 radical (unpaired) electrons. The Morgan fingerprint density at radius 3 is 2.45 bits per heavy atom. The van der Waals surface area contributed by atoms with Gasteiger partial charge < -0.3 is 15.0 Å². The van der Waals surface area contributed by atoms with E-state index in [1.54, 1.807) is 7.11 Å². The fraction of sp³-hybridized carbons (Fsp3) is 0.481. The quantitative estimate of drug-likeness (QED) is 0.730. The lowest BCUT2D eigenvalue weighted by Crippen LogP contribution is -2.50. The Labute approximate surface area is 196 Å². The first-order chi connectivity index (χ1) is 16.0. The zero-order valence-corrected chi connectivity index (χ0v) is 19.9. The van der Waals surface area contributed by atoms with Crippen LogP contribution in [0.5, 0.6) is 5.75 Å². The molecule has 1 N–H and O–H groups in total. The van der Waals surface area contributed by atoms with E-state index in [2.05, 4.69) is 29.3 Å². The standard InChI is InChI=1S/C27H35N3O3/c1-19-12-15-29(16-13-19)27(32)26-24-7-5-4-6-22(24)14-17-30(26)18-25(31)28-20(2)21-8-10-23(33-3)11-9-21/h4-11,19-20,26H,12-18H2,1-3H3,(H,28,31)/t20-,26+/m1/s1. The molecule has 4 rings (SSSR count). The summed E-state index contributed by atoms with van der Waals surface area (Å²) in [7, 11) is 1.64. The number of rotatable bonds is 6. The second kappa shape index (κ2) is 10.4. The third-order valence-electron chi connectivity index (χ3n) is 7.05. The maximum Gasteiger partial charge on any atom is 0.244 e. The molecule has 0 bridgehead atoms. The minimum atomic E-state index is -0.398. The Morgan fingerprint density at radius 2 is 1.76 bits per heavy atom. The number of hydrogen-bond acceptors (Lipinski definition) is 4. The van der Waals surface area contributed by atoms with Gasteiger partial charge in [-0.3, -0.25) is 14.5 Å². The van der Waals surface area contributed by atoms with Gasteiger partial charge in [0.1, 0.15) is 11.8 Å². The molecule has 0 aromatic heterocycles. The number of nitrogens with one attached hydrogen (secondary N) is 1. The molecule has 2 aromatic carbocycles. The van der Waals surface area contributed by atoms with Crippen molar-refractivity contribution in [2.24, 2.45) is 5.92 Å². The van der Waals surface area contributed by atoms with Crippen LogP contribution in [0.4, 0.5) is 0 Å². The van der Waals surface area contributed by atoms with Gasteiger partial charge in [0, 0.05) is 19.6 Å². The average molecular weight is 450 g/mol. The molecule has 6 heteroatoms. The number of nitrogens with zero attached hydrogens (tertiary/aromatic N) is 2. The number of likely N-dealkylation sites (tertiary alicyclic amines) is 1. The van der Waals surface area contributed by atoms with E-state index in [1.807, 2.05) is 48.2 Å². The molecule has 6 nitrogen and oxygen atoms in total. The number of carbonyl (C=O) groups excluding carboxylic acids is 2. The number of amides is 2. The first kappa shape index (κ1) is 23.3. The minimum Gasteiger partial charge on any atom is -0.497 e. The van der Waals surface area contributed by atoms with E-state index < -0.39 is 6.04 Å². The van der Waals surface area contributed by atoms with Gasteiger partial charge in [0.25, 0.3) is 0 Å². The molecule has 0 unspecified atom stereocenters. The van der Waals surface area contributed by atoms with Crippen molar-refractivity contribution in [3.8, 4) is 5.75 Å². The van der Waals surface area contributed by atoms with Crippen molar-refractivity contribution in [1.82, 2.24) is 15.1 Å². The van der Waals surface area contributed by atoms with Crippen LogP contribution in [-0.4, -0.2) is 54.9 Å². The van der Waals surface area contributed by atoms with Gasteiger partial charge in [0.15, 0.2) is 0 Å². The van der Waals surface area contributed by atoms with E-state index in [1.165, 1.54) is 5.56 Å². The van der Waals surface area contributed by atoms with Gasteiger partial charge in [0.2, 0.25) is 11.8 Å². The summed E-state index contributed by atoms with van der Waals surface area (Å²) in [6.45, 7) is 6.72. The largest absolute Gasteiger partial charge is 0.497 e. The maximum atomic E-state index is 13.7. The Bertz CT molecular complexity index is 967. The lowest BCUT2D eigenvalue weighted by Gasteiger charge is -2.40. The number of carbonyl (C=O) groups is 2. The Kier molecular flexibility index (Phi) is 7.33. The van der Waals surface area contributed by atoms with Gasteiger partial charge in [-0.25, -0.2) is 0 Å². The highest BCUT2D eigenvalue weighted by Crippen LogP contribution is 2.32. The van der Waals surface area contributed by atoms with Crippen LogP contribution in [0.3, 0.4) is 0 Å². The molecule has 1 fully saturated rings. The van der Waals surface area contributed by atoms with Crippen molar-refractivity contribution in [3.05, 3.63) is 65.2 Å². The van der Waals surface area contributed by atoms with E-state index >= 15 is 0 Å². The highest BCUT2D eigenvalue weighted by molar-refractivity contribution is 5.86. The van der Waals surface area contributed by atoms with Gasteiger partial charge >= 0.3 is 0 Å². The molecular weight excluding hydrogens is 414 g/mol. The number of hydrogen-bond donors (Lipinski definition) is 1. The van der Waals surface area contributed by atoms with Crippen molar-refractivity contribution in [3.63, 3.8) is 0 Å². The Balaban J connectivity index is 1.47. The number of ether oxygens (including phenoxy) is 1. The molecule has 0 spiro atoms. The molecule has 0 saturated carbocycles. The highest BCUT2D eigenvalue weighted by Gasteiger charge is 2.37. The Morgan fingerprint density at radius 1 is 1.06 bits per heavy atom. The average Bonchev–Trinajstić information content (AvgIpc) is 2.84. The zero-order chi connectivity index (χ0) is 23.4. The number of fused-ring (bicyclic) bond motifs is 1. The monoisotopic (exact) mass is 449 g/mol. The van der Waals surface area contributed by atoms with Crippen LogP contribution >= 0.6 is 0 Å². The van der Waals surface area contributed by atoms with E-state index in [-0.39, 0.29) is 24.4 Å². The molecule has 176 valence electrons. The van der Waals surface area contributed by atoms with Crippen LogP contribution < -0.4 is 10.1 Å². The summed E-state index contributed by atoms with van der Waals surface area (Å²) in [6, 6.07) is 15.4. The van der Waals surface area contributed by atoms with Crippen molar-refractivity contribution in [2.45, 2.75) is 45.2 Å². The van der Waals surface area contributed by atoms with E-state index in [9.17, 15) is 9.59 Å². The lowest BCUT2D eigenvalue weighted by atomic mass is 9.90. The fourth-order valence-corrected chi connectivity index (χ4v) is 4.93. The van der Waals surface area contributed by atoms with Gasteiger partial charge in [-0.2, -0.15) is 0 Å². The molecular formula is C27H35N3O3. The van der Waals surface area contributed by atoms with E-state index in [4.69, 9.17) is 4.74 Å². The molecule has 2 aliphatic rings. The van der Waals surface area contributed by atoms with Crippen molar-refractivity contribution in [1.29, 1.82) is 0 Å². The minimum absolute atomic E-state index is 0.0669. The highest BCUT2D eigenvalue weighted by atomic mass is 16.5. The van der Waals surface area contributed by atoms with Crippen LogP contribution in [0.1, 0.15) is 55.5 Å². The second-order valence-electron chi connectivity index (χ2n) is 9.39. The van der Waals surface area contributed by atoms with Crippen LogP contribution in [0.25, 0.3) is 0 Å². The molecule has 1 saturated heterocycles. The van der Waals surface area contributed by atoms with Gasteiger partial charge in [-0.05, 0) is 60.9 Å². The molecule has 2 aliphatic heterocycles. The van der Waals surface area contributed by atoms with Crippen LogP contribution in [0.2, 0.25) is 0 Å². The summed E-state index contributed by atoms with van der Waals surface area (Å²) in [4.78, 5) is 30.7. The first-order valence-electron chi connectivity index (χ1n) is 12.0. The predicted molar refractivity (Wildman–Crippen MR) is 129 cm³/mol. The first-order valence-corrected chi connectivity index (χ1v) is 12.0. The molecule has 2 heterocycles. The van der Waals surface area contributed by atoms with Crippen LogP contribution in [0, 0.1) is 5.92 Å². The van der Waals surface area contributed by atoms with Crippen molar-refractivity contribution >= 4 is 11.8 Å².